The first-order valence-corrected chi connectivity index (χ1v) is 11.3. The Kier molecular flexibility index (Phi) is 6.96. The molecule has 0 spiro atoms. The maximum Gasteiger partial charge on any atom is 0.236 e. The lowest BCUT2D eigenvalue weighted by Gasteiger charge is -2.39. The Labute approximate surface area is 193 Å². The van der Waals surface area contributed by atoms with Crippen molar-refractivity contribution in [2.45, 2.75) is 6.92 Å². The summed E-state index contributed by atoms with van der Waals surface area (Å²) < 4.78 is 14.4. The van der Waals surface area contributed by atoms with Gasteiger partial charge in [-0.15, -0.1) is 0 Å². The molecule has 0 N–H and O–H groups in total. The van der Waals surface area contributed by atoms with Crippen LogP contribution in [0.3, 0.4) is 0 Å². The highest BCUT2D eigenvalue weighted by molar-refractivity contribution is 6.30. The molecule has 32 heavy (non-hydrogen) atoms. The van der Waals surface area contributed by atoms with Crippen LogP contribution in [0, 0.1) is 5.82 Å². The molecule has 2 aromatic carbocycles. The summed E-state index contributed by atoms with van der Waals surface area (Å²) in [5.74, 6) is -0.428. The number of halogens is 2. The molecule has 2 saturated heterocycles. The molecule has 0 atom stereocenters. The summed E-state index contributed by atoms with van der Waals surface area (Å²) in [6, 6.07) is 12.5. The van der Waals surface area contributed by atoms with Gasteiger partial charge in [-0.1, -0.05) is 17.7 Å². The molecule has 0 unspecified atom stereocenters. The number of carbonyl (C=O) groups is 2. The van der Waals surface area contributed by atoms with Crippen molar-refractivity contribution < 1.29 is 14.0 Å². The predicted molar refractivity (Wildman–Crippen MR) is 125 cm³/mol. The second-order valence-corrected chi connectivity index (χ2v) is 8.77. The molecule has 0 bridgehead atoms. The Balaban J connectivity index is 1.25. The molecule has 0 aliphatic carbocycles. The average Bonchev–Trinajstić information content (AvgIpc) is 2.79. The van der Waals surface area contributed by atoms with Gasteiger partial charge in [-0.05, 0) is 43.3 Å². The van der Waals surface area contributed by atoms with E-state index in [9.17, 15) is 14.0 Å². The van der Waals surface area contributed by atoms with E-state index in [1.54, 1.807) is 12.1 Å². The van der Waals surface area contributed by atoms with E-state index < -0.39 is 5.82 Å². The third-order valence-electron chi connectivity index (χ3n) is 6.23. The lowest BCUT2D eigenvalue weighted by atomic mass is 10.1. The van der Waals surface area contributed by atoms with Crippen LogP contribution in [0.25, 0.3) is 0 Å². The normalized spacial score (nSPS) is 17.5. The van der Waals surface area contributed by atoms with Crippen LogP contribution < -0.4 is 9.80 Å². The zero-order chi connectivity index (χ0) is 22.7. The second kappa shape index (κ2) is 9.88. The third kappa shape index (κ3) is 5.22. The summed E-state index contributed by atoms with van der Waals surface area (Å²) in [6.07, 6.45) is 0. The number of ketones is 1. The largest absolute Gasteiger partial charge is 0.369 e. The molecule has 0 aromatic heterocycles. The van der Waals surface area contributed by atoms with Crippen LogP contribution in [0.2, 0.25) is 5.02 Å². The number of carbonyl (C=O) groups excluding carboxylic acids is 2. The van der Waals surface area contributed by atoms with E-state index >= 15 is 0 Å². The molecule has 0 radical (unpaired) electrons. The summed E-state index contributed by atoms with van der Waals surface area (Å²) in [7, 11) is 0. The highest BCUT2D eigenvalue weighted by Crippen LogP contribution is 2.23. The van der Waals surface area contributed by atoms with Gasteiger partial charge in [-0.3, -0.25) is 14.5 Å². The van der Waals surface area contributed by atoms with Crippen molar-refractivity contribution in [1.29, 1.82) is 0 Å². The number of benzene rings is 2. The van der Waals surface area contributed by atoms with Crippen LogP contribution in [0.15, 0.2) is 42.5 Å². The van der Waals surface area contributed by atoms with Gasteiger partial charge in [0.2, 0.25) is 5.91 Å². The summed E-state index contributed by atoms with van der Waals surface area (Å²) in [6.45, 7) is 7.48. The number of hydrogen-bond acceptors (Lipinski definition) is 5. The molecule has 0 saturated carbocycles. The lowest BCUT2D eigenvalue weighted by Crippen LogP contribution is -2.54. The third-order valence-corrected chi connectivity index (χ3v) is 6.47. The molecule has 4 rings (SSSR count). The molecular weight excluding hydrogens is 431 g/mol. The van der Waals surface area contributed by atoms with E-state index in [0.29, 0.717) is 44.0 Å². The molecule has 2 heterocycles. The monoisotopic (exact) mass is 458 g/mol. The zero-order valence-electron chi connectivity index (χ0n) is 18.3. The molecule has 2 aliphatic rings. The molecule has 170 valence electrons. The van der Waals surface area contributed by atoms with Gasteiger partial charge in [0, 0.05) is 68.6 Å². The summed E-state index contributed by atoms with van der Waals surface area (Å²) in [5, 5.41) is 0.730. The van der Waals surface area contributed by atoms with Crippen LogP contribution in [0.1, 0.15) is 17.3 Å². The maximum absolute atomic E-state index is 14.4. The number of Topliss-reactive ketones (excluding diaryl/α,β-unsaturated/α-hetero) is 1. The molecule has 2 aliphatic heterocycles. The van der Waals surface area contributed by atoms with Gasteiger partial charge < -0.3 is 14.7 Å². The smallest absolute Gasteiger partial charge is 0.236 e. The van der Waals surface area contributed by atoms with E-state index in [0.717, 1.165) is 36.9 Å². The van der Waals surface area contributed by atoms with Gasteiger partial charge >= 0.3 is 0 Å². The van der Waals surface area contributed by atoms with E-state index in [1.165, 1.54) is 13.0 Å². The Morgan fingerprint density at radius 3 is 2.22 bits per heavy atom. The fourth-order valence-corrected chi connectivity index (χ4v) is 4.49. The van der Waals surface area contributed by atoms with E-state index in [1.807, 2.05) is 28.0 Å². The topological polar surface area (TPSA) is 47.1 Å². The minimum atomic E-state index is -0.393. The Bertz CT molecular complexity index is 986. The average molecular weight is 459 g/mol. The van der Waals surface area contributed by atoms with Crippen molar-refractivity contribution in [3.8, 4) is 0 Å². The Morgan fingerprint density at radius 2 is 1.59 bits per heavy atom. The van der Waals surface area contributed by atoms with Crippen molar-refractivity contribution in [2.75, 3.05) is 68.7 Å². The van der Waals surface area contributed by atoms with Gasteiger partial charge in [0.05, 0.1) is 12.2 Å². The SMILES string of the molecule is CC(=O)c1ccc(N2CCN(C(=O)CN3CCN(c4cccc(Cl)c4)CC3)CC2)c(F)c1. The minimum absolute atomic E-state index is 0.119. The molecule has 6 nitrogen and oxygen atoms in total. The van der Waals surface area contributed by atoms with Gasteiger partial charge in [0.25, 0.3) is 0 Å². The number of nitrogens with zero attached hydrogens (tertiary/aromatic N) is 4. The van der Waals surface area contributed by atoms with E-state index in [4.69, 9.17) is 11.6 Å². The van der Waals surface area contributed by atoms with Crippen molar-refractivity contribution in [3.05, 3.63) is 58.9 Å². The summed E-state index contributed by atoms with van der Waals surface area (Å²) in [4.78, 5) is 32.5. The van der Waals surface area contributed by atoms with E-state index in [-0.39, 0.29) is 11.7 Å². The van der Waals surface area contributed by atoms with Crippen LogP contribution in [0.5, 0.6) is 0 Å². The standard InChI is InChI=1S/C24H28ClFN4O2/c1-18(31)19-5-6-23(22(26)15-19)29-11-13-30(14-12-29)24(32)17-27-7-9-28(10-8-27)21-4-2-3-20(25)16-21/h2-6,15-16H,7-14,17H2,1H3. The summed E-state index contributed by atoms with van der Waals surface area (Å²) >= 11 is 6.10. The van der Waals surface area contributed by atoms with Crippen LogP contribution in [-0.2, 0) is 4.79 Å². The molecule has 8 heteroatoms. The molecule has 1 amide bonds. The van der Waals surface area contributed by atoms with Gasteiger partial charge in [-0.2, -0.15) is 0 Å². The molecular formula is C24H28ClFN4O2. The van der Waals surface area contributed by atoms with Gasteiger partial charge in [0.15, 0.2) is 5.78 Å². The first kappa shape index (κ1) is 22.6. The number of amides is 1. The van der Waals surface area contributed by atoms with Crippen molar-refractivity contribution in [2.24, 2.45) is 0 Å². The quantitative estimate of drug-likeness (QED) is 0.644. The fourth-order valence-electron chi connectivity index (χ4n) is 4.31. The van der Waals surface area contributed by atoms with Gasteiger partial charge in [0.1, 0.15) is 5.82 Å². The first-order valence-electron chi connectivity index (χ1n) is 11.0. The number of anilines is 2. The van der Waals surface area contributed by atoms with Crippen molar-refractivity contribution in [3.63, 3.8) is 0 Å². The van der Waals surface area contributed by atoms with Crippen LogP contribution in [0.4, 0.5) is 15.8 Å². The van der Waals surface area contributed by atoms with Gasteiger partial charge in [-0.25, -0.2) is 4.39 Å². The highest BCUT2D eigenvalue weighted by atomic mass is 35.5. The second-order valence-electron chi connectivity index (χ2n) is 8.33. The predicted octanol–water partition coefficient (Wildman–Crippen LogP) is 3.15. The number of piperazine rings is 2. The number of rotatable bonds is 5. The fraction of sp³-hybridized carbons (Fsp3) is 0.417. The lowest BCUT2D eigenvalue weighted by molar-refractivity contribution is -0.132. The van der Waals surface area contributed by atoms with Crippen molar-refractivity contribution >= 4 is 34.7 Å². The minimum Gasteiger partial charge on any atom is -0.369 e. The number of hydrogen-bond donors (Lipinski definition) is 0. The Morgan fingerprint density at radius 1 is 0.906 bits per heavy atom. The zero-order valence-corrected chi connectivity index (χ0v) is 19.0. The van der Waals surface area contributed by atoms with Crippen molar-refractivity contribution in [1.82, 2.24) is 9.80 Å². The Hall–Kier alpha value is -2.64. The van der Waals surface area contributed by atoms with E-state index in [2.05, 4.69) is 15.9 Å². The molecule has 2 fully saturated rings. The molecule has 2 aromatic rings. The summed E-state index contributed by atoms with van der Waals surface area (Å²) in [5.41, 5.74) is 1.97. The highest BCUT2D eigenvalue weighted by Gasteiger charge is 2.26. The first-order chi connectivity index (χ1) is 15.4. The van der Waals surface area contributed by atoms with Crippen LogP contribution in [-0.4, -0.2) is 80.4 Å². The maximum atomic E-state index is 14.4. The van der Waals surface area contributed by atoms with Crippen LogP contribution >= 0.6 is 11.6 Å².